The molecular formula is C12H14F3N5O. The lowest BCUT2D eigenvalue weighted by atomic mass is 9.99. The normalized spacial score (nSPS) is 20.2. The van der Waals surface area contributed by atoms with Crippen LogP contribution in [0.25, 0.3) is 5.78 Å². The number of aliphatic hydroxyl groups is 1. The fraction of sp³-hybridized carbons (Fsp3) is 0.583. The molecule has 1 aliphatic rings. The van der Waals surface area contributed by atoms with Crippen LogP contribution in [0.3, 0.4) is 0 Å². The van der Waals surface area contributed by atoms with Crippen LogP contribution in [0.4, 0.5) is 19.0 Å². The van der Waals surface area contributed by atoms with Gasteiger partial charge in [0.25, 0.3) is 5.78 Å². The first kappa shape index (κ1) is 14.1. The highest BCUT2D eigenvalue weighted by Crippen LogP contribution is 2.31. The van der Waals surface area contributed by atoms with Crippen molar-refractivity contribution in [3.63, 3.8) is 0 Å². The zero-order valence-electron chi connectivity index (χ0n) is 11.1. The van der Waals surface area contributed by atoms with Gasteiger partial charge in [-0.05, 0) is 18.8 Å². The molecule has 1 fully saturated rings. The van der Waals surface area contributed by atoms with Crippen molar-refractivity contribution in [1.29, 1.82) is 0 Å². The van der Waals surface area contributed by atoms with Crippen LogP contribution in [-0.2, 0) is 6.18 Å². The Hall–Kier alpha value is -1.90. The molecule has 1 atom stereocenters. The van der Waals surface area contributed by atoms with E-state index in [0.29, 0.717) is 18.9 Å². The molecule has 0 saturated carbocycles. The summed E-state index contributed by atoms with van der Waals surface area (Å²) in [6.07, 6.45) is -1.68. The van der Waals surface area contributed by atoms with E-state index in [1.807, 2.05) is 0 Å². The Kier molecular flexibility index (Phi) is 3.44. The molecule has 0 bridgehead atoms. The molecule has 6 nitrogen and oxygen atoms in total. The number of hydrogen-bond donors (Lipinski definition) is 1. The maximum absolute atomic E-state index is 12.9. The summed E-state index contributed by atoms with van der Waals surface area (Å²) >= 11 is 0. The van der Waals surface area contributed by atoms with Crippen LogP contribution < -0.4 is 4.90 Å². The molecule has 114 valence electrons. The number of piperidine rings is 1. The SMILES string of the molecule is OCC1CCCN(c2cc(C(F)(F)F)nc3ncnn23)C1. The van der Waals surface area contributed by atoms with Gasteiger partial charge in [-0.2, -0.15) is 27.8 Å². The number of halogens is 3. The molecule has 2 aromatic heterocycles. The predicted molar refractivity (Wildman–Crippen MR) is 67.8 cm³/mol. The van der Waals surface area contributed by atoms with Gasteiger partial charge < -0.3 is 10.0 Å². The first-order valence-corrected chi connectivity index (χ1v) is 6.63. The predicted octanol–water partition coefficient (Wildman–Crippen LogP) is 1.35. The van der Waals surface area contributed by atoms with Crippen molar-refractivity contribution >= 4 is 11.6 Å². The maximum Gasteiger partial charge on any atom is 0.433 e. The number of fused-ring (bicyclic) bond motifs is 1. The number of alkyl halides is 3. The van der Waals surface area contributed by atoms with Gasteiger partial charge in [0.05, 0.1) is 0 Å². The second-order valence-corrected chi connectivity index (χ2v) is 5.11. The zero-order valence-corrected chi connectivity index (χ0v) is 11.1. The van der Waals surface area contributed by atoms with Gasteiger partial charge in [0, 0.05) is 25.8 Å². The van der Waals surface area contributed by atoms with Crippen LogP contribution in [0.15, 0.2) is 12.4 Å². The first-order chi connectivity index (χ1) is 9.99. The second kappa shape index (κ2) is 5.14. The third kappa shape index (κ3) is 2.65. The second-order valence-electron chi connectivity index (χ2n) is 5.11. The van der Waals surface area contributed by atoms with Gasteiger partial charge in [0.15, 0.2) is 5.69 Å². The van der Waals surface area contributed by atoms with E-state index in [-0.39, 0.29) is 18.3 Å². The number of aromatic nitrogens is 4. The van der Waals surface area contributed by atoms with Crippen molar-refractivity contribution in [2.24, 2.45) is 5.92 Å². The van der Waals surface area contributed by atoms with E-state index in [2.05, 4.69) is 15.1 Å². The van der Waals surface area contributed by atoms with Gasteiger partial charge in [0.1, 0.15) is 12.1 Å². The Morgan fingerprint density at radius 3 is 2.90 bits per heavy atom. The molecule has 1 unspecified atom stereocenters. The molecule has 0 amide bonds. The smallest absolute Gasteiger partial charge is 0.396 e. The monoisotopic (exact) mass is 301 g/mol. The van der Waals surface area contributed by atoms with E-state index in [1.165, 1.54) is 10.8 Å². The average Bonchev–Trinajstić information content (AvgIpc) is 2.93. The van der Waals surface area contributed by atoms with Crippen molar-refractivity contribution in [2.75, 3.05) is 24.6 Å². The van der Waals surface area contributed by atoms with Crippen molar-refractivity contribution < 1.29 is 18.3 Å². The summed E-state index contributed by atoms with van der Waals surface area (Å²) < 4.78 is 40.1. The van der Waals surface area contributed by atoms with Crippen LogP contribution in [0, 0.1) is 5.92 Å². The number of aliphatic hydroxyl groups excluding tert-OH is 1. The highest BCUT2D eigenvalue weighted by Gasteiger charge is 2.35. The van der Waals surface area contributed by atoms with E-state index >= 15 is 0 Å². The molecule has 0 aromatic carbocycles. The molecule has 1 N–H and O–H groups in total. The quantitative estimate of drug-likeness (QED) is 0.907. The Balaban J connectivity index is 2.05. The lowest BCUT2D eigenvalue weighted by Crippen LogP contribution is -2.38. The maximum atomic E-state index is 12.9. The van der Waals surface area contributed by atoms with Gasteiger partial charge in [-0.25, -0.2) is 4.98 Å². The van der Waals surface area contributed by atoms with Crippen molar-refractivity contribution in [1.82, 2.24) is 19.6 Å². The van der Waals surface area contributed by atoms with E-state index in [1.54, 1.807) is 4.90 Å². The topological polar surface area (TPSA) is 66.5 Å². The van der Waals surface area contributed by atoms with E-state index in [9.17, 15) is 18.3 Å². The summed E-state index contributed by atoms with van der Waals surface area (Å²) in [5.74, 6) is 0.286. The zero-order chi connectivity index (χ0) is 15.0. The van der Waals surface area contributed by atoms with Gasteiger partial charge >= 0.3 is 6.18 Å². The molecule has 0 spiro atoms. The number of nitrogens with zero attached hydrogens (tertiary/aromatic N) is 5. The first-order valence-electron chi connectivity index (χ1n) is 6.63. The summed E-state index contributed by atoms with van der Waals surface area (Å²) in [5.41, 5.74) is -0.982. The van der Waals surface area contributed by atoms with Gasteiger partial charge in [-0.1, -0.05) is 0 Å². The van der Waals surface area contributed by atoms with Crippen LogP contribution in [0.2, 0.25) is 0 Å². The molecule has 3 rings (SSSR count). The van der Waals surface area contributed by atoms with Crippen molar-refractivity contribution in [3.8, 4) is 0 Å². The number of rotatable bonds is 2. The van der Waals surface area contributed by atoms with Gasteiger partial charge in [-0.3, -0.25) is 0 Å². The summed E-state index contributed by atoms with van der Waals surface area (Å²) in [4.78, 5) is 9.04. The molecule has 9 heteroatoms. The molecule has 1 aliphatic heterocycles. The standard InChI is InChI=1S/C12H14F3N5O/c13-12(14,15)9-4-10(20-11(18-9)16-7-17-20)19-3-1-2-8(5-19)6-21/h4,7-8,21H,1-3,5-6H2. The fourth-order valence-corrected chi connectivity index (χ4v) is 2.59. The fourth-order valence-electron chi connectivity index (χ4n) is 2.59. The molecule has 1 saturated heterocycles. The van der Waals surface area contributed by atoms with E-state index in [4.69, 9.17) is 0 Å². The molecule has 21 heavy (non-hydrogen) atoms. The van der Waals surface area contributed by atoms with Crippen LogP contribution >= 0.6 is 0 Å². The summed E-state index contributed by atoms with van der Waals surface area (Å²) in [6.45, 7) is 1.13. The summed E-state index contributed by atoms with van der Waals surface area (Å²) in [7, 11) is 0. The largest absolute Gasteiger partial charge is 0.433 e. The minimum absolute atomic E-state index is 0.0220. The molecule has 3 heterocycles. The van der Waals surface area contributed by atoms with E-state index < -0.39 is 11.9 Å². The minimum atomic E-state index is -4.53. The highest BCUT2D eigenvalue weighted by molar-refractivity contribution is 5.48. The lowest BCUT2D eigenvalue weighted by molar-refractivity contribution is -0.141. The van der Waals surface area contributed by atoms with Crippen molar-refractivity contribution in [3.05, 3.63) is 18.1 Å². The summed E-state index contributed by atoms with van der Waals surface area (Å²) in [6, 6.07) is 0.988. The Labute approximate surface area is 118 Å². The molecular weight excluding hydrogens is 287 g/mol. The minimum Gasteiger partial charge on any atom is -0.396 e. The number of anilines is 1. The average molecular weight is 301 g/mol. The molecule has 0 radical (unpaired) electrons. The molecule has 0 aliphatic carbocycles. The third-order valence-electron chi connectivity index (χ3n) is 3.62. The van der Waals surface area contributed by atoms with Crippen LogP contribution in [0.1, 0.15) is 18.5 Å². The van der Waals surface area contributed by atoms with Crippen molar-refractivity contribution in [2.45, 2.75) is 19.0 Å². The Morgan fingerprint density at radius 2 is 2.19 bits per heavy atom. The number of hydrogen-bond acceptors (Lipinski definition) is 5. The highest BCUT2D eigenvalue weighted by atomic mass is 19.4. The van der Waals surface area contributed by atoms with E-state index in [0.717, 1.165) is 18.9 Å². The lowest BCUT2D eigenvalue weighted by Gasteiger charge is -2.33. The third-order valence-corrected chi connectivity index (χ3v) is 3.62. The van der Waals surface area contributed by atoms with Crippen LogP contribution in [0.5, 0.6) is 0 Å². The Bertz CT molecular complexity index is 641. The van der Waals surface area contributed by atoms with Crippen LogP contribution in [-0.4, -0.2) is 44.4 Å². The molecule has 2 aromatic rings. The Morgan fingerprint density at radius 1 is 1.38 bits per heavy atom. The van der Waals surface area contributed by atoms with Gasteiger partial charge in [0.2, 0.25) is 0 Å². The van der Waals surface area contributed by atoms with Gasteiger partial charge in [-0.15, -0.1) is 0 Å². The summed E-state index contributed by atoms with van der Waals surface area (Å²) in [5, 5.41) is 13.2.